The van der Waals surface area contributed by atoms with Crippen LogP contribution in [0.15, 0.2) is 41.3 Å². The molecule has 0 aliphatic heterocycles. The van der Waals surface area contributed by atoms with E-state index >= 15 is 0 Å². The molecular weight excluding hydrogens is 184 g/mol. The second kappa shape index (κ2) is 3.95. The van der Waals surface area contributed by atoms with Crippen LogP contribution >= 0.6 is 0 Å². The van der Waals surface area contributed by atoms with Gasteiger partial charge in [-0.1, -0.05) is 17.5 Å². The summed E-state index contributed by atoms with van der Waals surface area (Å²) >= 11 is 0. The molecule has 0 heterocycles. The zero-order valence-electron chi connectivity index (χ0n) is 8.72. The molecule has 0 atom stereocenters. The van der Waals surface area contributed by atoms with Crippen molar-refractivity contribution < 1.29 is 4.74 Å². The van der Waals surface area contributed by atoms with Gasteiger partial charge in [0.1, 0.15) is 0 Å². The zero-order chi connectivity index (χ0) is 10.7. The molecule has 1 aliphatic rings. The standard InChI is InChI=1S/C14H10O/c1-11-3-5-12(6-4-11)13-7-9-14(15-2)10-8-13/h3,5,7,9H,1-2H3. The average molecular weight is 194 g/mol. The maximum Gasteiger partial charge on any atom is 0.169 e. The predicted molar refractivity (Wildman–Crippen MR) is 59.4 cm³/mol. The minimum absolute atomic E-state index is 0.690. The van der Waals surface area contributed by atoms with Crippen molar-refractivity contribution in [2.45, 2.75) is 6.92 Å². The highest BCUT2D eigenvalue weighted by molar-refractivity contribution is 5.74. The lowest BCUT2D eigenvalue weighted by Crippen LogP contribution is -1.83. The molecule has 1 aliphatic carbocycles. The summed E-state index contributed by atoms with van der Waals surface area (Å²) in [5, 5.41) is 0. The molecule has 1 nitrogen and oxygen atoms in total. The van der Waals surface area contributed by atoms with Gasteiger partial charge in [-0.3, -0.25) is 0 Å². The van der Waals surface area contributed by atoms with Crippen LogP contribution in [0.25, 0.3) is 5.57 Å². The second-order valence-corrected chi connectivity index (χ2v) is 3.25. The fourth-order valence-corrected chi connectivity index (χ4v) is 1.26. The van der Waals surface area contributed by atoms with E-state index in [1.165, 1.54) is 0 Å². The van der Waals surface area contributed by atoms with E-state index in [2.05, 4.69) is 23.6 Å². The van der Waals surface area contributed by atoms with Crippen molar-refractivity contribution in [3.8, 4) is 5.75 Å². The van der Waals surface area contributed by atoms with E-state index in [-0.39, 0.29) is 0 Å². The molecule has 72 valence electrons. The Morgan fingerprint density at radius 1 is 1.07 bits per heavy atom. The monoisotopic (exact) mass is 194 g/mol. The summed E-state index contributed by atoms with van der Waals surface area (Å²) in [7, 11) is 1.62. The zero-order valence-corrected chi connectivity index (χ0v) is 8.72. The third kappa shape index (κ3) is 2.03. The van der Waals surface area contributed by atoms with Gasteiger partial charge in [0.25, 0.3) is 0 Å². The lowest BCUT2D eigenvalue weighted by Gasteiger charge is -1.99. The third-order valence-corrected chi connectivity index (χ3v) is 2.13. The van der Waals surface area contributed by atoms with Gasteiger partial charge in [0, 0.05) is 11.1 Å². The van der Waals surface area contributed by atoms with Crippen molar-refractivity contribution in [3.63, 3.8) is 0 Å². The molecule has 0 N–H and O–H groups in total. The van der Waals surface area contributed by atoms with E-state index in [4.69, 9.17) is 4.74 Å². The highest BCUT2D eigenvalue weighted by Gasteiger charge is 1.98. The molecule has 1 aromatic rings. The van der Waals surface area contributed by atoms with Gasteiger partial charge < -0.3 is 4.74 Å². The van der Waals surface area contributed by atoms with Crippen LogP contribution in [0.5, 0.6) is 5.75 Å². The number of allylic oxidation sites excluding steroid dienone is 4. The summed E-state index contributed by atoms with van der Waals surface area (Å²) in [4.78, 5) is 0. The summed E-state index contributed by atoms with van der Waals surface area (Å²) < 4.78 is 5.02. The Balaban J connectivity index is 2.40. The van der Waals surface area contributed by atoms with Crippen LogP contribution in [0.2, 0.25) is 0 Å². The van der Waals surface area contributed by atoms with Crippen LogP contribution in [0.3, 0.4) is 0 Å². The van der Waals surface area contributed by atoms with Gasteiger partial charge in [0.05, 0.1) is 7.11 Å². The molecule has 0 fully saturated rings. The van der Waals surface area contributed by atoms with Crippen molar-refractivity contribution in [2.24, 2.45) is 0 Å². The van der Waals surface area contributed by atoms with E-state index in [0.29, 0.717) is 5.75 Å². The van der Waals surface area contributed by atoms with Gasteiger partial charge in [-0.25, -0.2) is 0 Å². The third-order valence-electron chi connectivity index (χ3n) is 2.13. The average Bonchev–Trinajstić information content (AvgIpc) is 2.30. The normalized spacial score (nSPS) is 12.9. The minimum Gasteiger partial charge on any atom is -0.489 e. The lowest BCUT2D eigenvalue weighted by atomic mass is 10.1. The fraction of sp³-hybridized carbons (Fsp3) is 0.143. The van der Waals surface area contributed by atoms with Crippen LogP contribution in [0.4, 0.5) is 0 Å². The molecule has 0 radical (unpaired) electrons. The summed E-state index contributed by atoms with van der Waals surface area (Å²) in [5.41, 5.74) is 9.11. The van der Waals surface area contributed by atoms with Crippen molar-refractivity contribution in [1.29, 1.82) is 0 Å². The molecule has 0 spiro atoms. The predicted octanol–water partition coefficient (Wildman–Crippen LogP) is 2.95. The Labute approximate surface area is 89.7 Å². The van der Waals surface area contributed by atoms with E-state index in [0.717, 1.165) is 16.7 Å². The molecule has 2 rings (SSSR count). The van der Waals surface area contributed by atoms with Crippen molar-refractivity contribution in [1.82, 2.24) is 0 Å². The van der Waals surface area contributed by atoms with E-state index in [1.807, 2.05) is 31.2 Å². The summed E-state index contributed by atoms with van der Waals surface area (Å²) in [6.45, 7) is 1.99. The van der Waals surface area contributed by atoms with Crippen LogP contribution in [0.1, 0.15) is 12.5 Å². The van der Waals surface area contributed by atoms with Crippen LogP contribution in [0, 0.1) is 12.1 Å². The molecule has 0 unspecified atom stereocenters. The van der Waals surface area contributed by atoms with E-state index < -0.39 is 0 Å². The molecule has 1 heteroatoms. The van der Waals surface area contributed by atoms with Gasteiger partial charge in [-0.15, -0.1) is 0 Å². The van der Waals surface area contributed by atoms with Crippen LogP contribution in [-0.2, 0) is 0 Å². The quantitative estimate of drug-likeness (QED) is 0.658. The molecule has 0 saturated carbocycles. The molecule has 1 aromatic carbocycles. The van der Waals surface area contributed by atoms with E-state index in [1.54, 1.807) is 7.11 Å². The first-order valence-electron chi connectivity index (χ1n) is 4.68. The topological polar surface area (TPSA) is 9.23 Å². The Bertz CT molecular complexity index is 491. The van der Waals surface area contributed by atoms with Gasteiger partial charge in [-0.05, 0) is 42.8 Å². The summed E-state index contributed by atoms with van der Waals surface area (Å²) in [5.74, 6) is 0.690. The first-order valence-corrected chi connectivity index (χ1v) is 4.68. The maximum atomic E-state index is 5.02. The Morgan fingerprint density at radius 2 is 1.93 bits per heavy atom. The van der Waals surface area contributed by atoms with Gasteiger partial charge >= 0.3 is 0 Å². The number of methoxy groups -OCH3 is 1. The first kappa shape index (κ1) is 9.44. The molecule has 0 amide bonds. The largest absolute Gasteiger partial charge is 0.489 e. The molecular formula is C14H10O. The Kier molecular flexibility index (Phi) is 2.48. The molecule has 0 aromatic heterocycles. The van der Waals surface area contributed by atoms with Crippen LogP contribution in [-0.4, -0.2) is 7.11 Å². The van der Waals surface area contributed by atoms with Crippen molar-refractivity contribution in [2.75, 3.05) is 7.11 Å². The van der Waals surface area contributed by atoms with Crippen molar-refractivity contribution >= 4 is 5.57 Å². The minimum atomic E-state index is 0.690. The van der Waals surface area contributed by atoms with Gasteiger partial charge in [0.15, 0.2) is 5.75 Å². The van der Waals surface area contributed by atoms with Crippen molar-refractivity contribution in [3.05, 3.63) is 59.0 Å². The lowest BCUT2D eigenvalue weighted by molar-refractivity contribution is 0.415. The summed E-state index contributed by atoms with van der Waals surface area (Å²) in [6, 6.07) is 9.74. The summed E-state index contributed by atoms with van der Waals surface area (Å²) in [6.07, 6.45) is 4.00. The fourth-order valence-electron chi connectivity index (χ4n) is 1.26. The highest BCUT2D eigenvalue weighted by Crippen LogP contribution is 2.17. The molecule has 0 saturated heterocycles. The van der Waals surface area contributed by atoms with E-state index in [9.17, 15) is 0 Å². The smallest absolute Gasteiger partial charge is 0.169 e. The number of hydrogen-bond donors (Lipinski definition) is 0. The molecule has 0 bridgehead atoms. The number of rotatable bonds is 2. The first-order chi connectivity index (χ1) is 7.29. The van der Waals surface area contributed by atoms with Gasteiger partial charge in [-0.2, -0.15) is 0 Å². The van der Waals surface area contributed by atoms with Gasteiger partial charge in [0.2, 0.25) is 0 Å². The second-order valence-electron chi connectivity index (χ2n) is 3.25. The number of ether oxygens (including phenoxy) is 1. The number of hydrogen-bond acceptors (Lipinski definition) is 1. The van der Waals surface area contributed by atoms with Crippen LogP contribution < -0.4 is 4.74 Å². The SMILES string of the molecule is COc1c#cc(C2=C=C=C(C)C=C2)cc1. The highest BCUT2D eigenvalue weighted by atomic mass is 16.5. The Morgan fingerprint density at radius 3 is 2.47 bits per heavy atom. The maximum absolute atomic E-state index is 5.02. The Hall–Kier alpha value is -2.12. The molecule has 15 heavy (non-hydrogen) atoms.